The molecule has 0 aromatic heterocycles. The predicted octanol–water partition coefficient (Wildman–Crippen LogP) is 6.80. The van der Waals surface area contributed by atoms with Gasteiger partial charge in [-0.2, -0.15) is 0 Å². The van der Waals surface area contributed by atoms with Gasteiger partial charge in [-0.3, -0.25) is 9.59 Å². The number of benzene rings is 3. The highest BCUT2D eigenvalue weighted by Crippen LogP contribution is 2.33. The normalized spacial score (nSPS) is 12.1. The van der Waals surface area contributed by atoms with Gasteiger partial charge in [0.15, 0.2) is 5.78 Å². The van der Waals surface area contributed by atoms with Crippen molar-refractivity contribution < 1.29 is 19.1 Å². The zero-order chi connectivity index (χ0) is 28.0. The van der Waals surface area contributed by atoms with Crippen LogP contribution in [-0.4, -0.2) is 30.8 Å². The van der Waals surface area contributed by atoms with Gasteiger partial charge in [0.2, 0.25) is 0 Å². The molecule has 0 heterocycles. The maximum atomic E-state index is 13.8. The summed E-state index contributed by atoms with van der Waals surface area (Å²) in [7, 11) is 1.30. The lowest BCUT2D eigenvalue weighted by molar-refractivity contribution is -0.142. The van der Waals surface area contributed by atoms with Crippen LogP contribution >= 0.6 is 0 Å². The molecule has 1 amide bonds. The Balaban J connectivity index is 1.88. The Hall–Kier alpha value is -3.73. The third-order valence-electron chi connectivity index (χ3n) is 6.84. The average Bonchev–Trinajstić information content (AvgIpc) is 2.91. The number of carbonyl (C=O) groups excluding carboxylic acids is 3. The molecule has 0 saturated heterocycles. The summed E-state index contributed by atoms with van der Waals surface area (Å²) < 4.78 is 4.91. The molecule has 0 saturated carbocycles. The van der Waals surface area contributed by atoms with Gasteiger partial charge in [0.25, 0.3) is 5.91 Å². The smallest absolute Gasteiger partial charge is 0.328 e. The fourth-order valence-electron chi connectivity index (χ4n) is 4.56. The number of esters is 1. The summed E-state index contributed by atoms with van der Waals surface area (Å²) in [5.41, 5.74) is 5.89. The van der Waals surface area contributed by atoms with Crippen LogP contribution in [0.4, 0.5) is 0 Å². The van der Waals surface area contributed by atoms with E-state index in [-0.39, 0.29) is 17.6 Å². The molecular formula is C33H39NO4. The number of carbonyl (C=O) groups is 3. The van der Waals surface area contributed by atoms with Crippen LogP contribution in [0.25, 0.3) is 0 Å². The van der Waals surface area contributed by atoms with Gasteiger partial charge in [0.1, 0.15) is 6.04 Å². The summed E-state index contributed by atoms with van der Waals surface area (Å²) in [6, 6.07) is 19.6. The Morgan fingerprint density at radius 3 is 1.74 bits per heavy atom. The maximum absolute atomic E-state index is 13.8. The van der Waals surface area contributed by atoms with Crippen molar-refractivity contribution in [3.63, 3.8) is 0 Å². The van der Waals surface area contributed by atoms with Crippen molar-refractivity contribution in [2.24, 2.45) is 0 Å². The molecule has 5 nitrogen and oxygen atoms in total. The van der Waals surface area contributed by atoms with Crippen LogP contribution in [-0.2, 0) is 16.0 Å². The average molecular weight is 514 g/mol. The van der Waals surface area contributed by atoms with Gasteiger partial charge in [-0.15, -0.1) is 0 Å². The van der Waals surface area contributed by atoms with Crippen molar-refractivity contribution in [1.29, 1.82) is 0 Å². The van der Waals surface area contributed by atoms with E-state index in [0.29, 0.717) is 23.5 Å². The Labute approximate surface area is 226 Å². The fourth-order valence-corrected chi connectivity index (χ4v) is 4.56. The quantitative estimate of drug-likeness (QED) is 0.239. The van der Waals surface area contributed by atoms with Crippen molar-refractivity contribution in [2.45, 2.75) is 71.8 Å². The summed E-state index contributed by atoms with van der Waals surface area (Å²) in [4.78, 5) is 39.1. The largest absolute Gasteiger partial charge is 0.467 e. The summed E-state index contributed by atoms with van der Waals surface area (Å²) in [6.45, 7) is 12.8. The number of ether oxygens (including phenoxy) is 1. The highest BCUT2D eigenvalue weighted by atomic mass is 16.5. The lowest BCUT2D eigenvalue weighted by atomic mass is 9.81. The molecule has 38 heavy (non-hydrogen) atoms. The molecule has 3 aromatic carbocycles. The first-order chi connectivity index (χ1) is 18.0. The number of methoxy groups -OCH3 is 1. The van der Waals surface area contributed by atoms with Crippen LogP contribution in [0.3, 0.4) is 0 Å². The molecule has 0 radical (unpaired) electrons. The summed E-state index contributed by atoms with van der Waals surface area (Å²) in [5.74, 6) is -0.215. The molecular weight excluding hydrogens is 474 g/mol. The zero-order valence-electron chi connectivity index (χ0n) is 23.5. The van der Waals surface area contributed by atoms with Gasteiger partial charge in [-0.25, -0.2) is 4.79 Å². The molecule has 0 aliphatic heterocycles. The second-order valence-corrected chi connectivity index (χ2v) is 10.7. The van der Waals surface area contributed by atoms with Crippen molar-refractivity contribution in [3.8, 4) is 0 Å². The maximum Gasteiger partial charge on any atom is 0.328 e. The van der Waals surface area contributed by atoms with Gasteiger partial charge in [-0.1, -0.05) is 96.1 Å². The molecule has 0 bridgehead atoms. The standard InChI is InChI=1S/C33H39NO4/c1-20(2)26-18-27(21(3)4)30(28(19-26)22(5)6)31(35)24-13-15-25(16-14-24)32(36)34-29(33(37)38-7)17-23-11-9-8-10-12-23/h8-16,18-22,29H,17H2,1-7H3,(H,34,36)/t29-/m0/s1. The van der Waals surface area contributed by atoms with E-state index < -0.39 is 17.9 Å². The van der Waals surface area contributed by atoms with E-state index in [0.717, 1.165) is 22.3 Å². The first-order valence-corrected chi connectivity index (χ1v) is 13.3. The molecule has 200 valence electrons. The van der Waals surface area contributed by atoms with E-state index in [1.165, 1.54) is 12.7 Å². The molecule has 1 atom stereocenters. The minimum atomic E-state index is -0.821. The molecule has 5 heteroatoms. The highest BCUT2D eigenvalue weighted by molar-refractivity contribution is 6.11. The number of amides is 1. The summed E-state index contributed by atoms with van der Waals surface area (Å²) in [5, 5.41) is 2.78. The van der Waals surface area contributed by atoms with Crippen LogP contribution in [0.1, 0.15) is 108 Å². The first-order valence-electron chi connectivity index (χ1n) is 13.3. The molecule has 0 unspecified atom stereocenters. The first kappa shape index (κ1) is 28.8. The summed E-state index contributed by atoms with van der Waals surface area (Å²) in [6.07, 6.45) is 0.318. The van der Waals surface area contributed by atoms with Gasteiger partial charge in [0, 0.05) is 23.1 Å². The zero-order valence-corrected chi connectivity index (χ0v) is 23.5. The number of nitrogens with one attached hydrogen (secondary N) is 1. The minimum absolute atomic E-state index is 0.0452. The number of hydrogen-bond donors (Lipinski definition) is 1. The van der Waals surface area contributed by atoms with E-state index in [9.17, 15) is 14.4 Å². The third kappa shape index (κ3) is 6.77. The number of ketones is 1. The Kier molecular flexibility index (Phi) is 9.62. The van der Waals surface area contributed by atoms with Crippen molar-refractivity contribution >= 4 is 17.7 Å². The van der Waals surface area contributed by atoms with Crippen molar-refractivity contribution in [3.05, 3.63) is 106 Å². The molecule has 1 N–H and O–H groups in total. The number of rotatable bonds is 10. The number of hydrogen-bond acceptors (Lipinski definition) is 4. The van der Waals surface area contributed by atoms with Crippen LogP contribution in [0, 0.1) is 0 Å². The van der Waals surface area contributed by atoms with E-state index in [1.54, 1.807) is 24.3 Å². The van der Waals surface area contributed by atoms with Gasteiger partial charge >= 0.3 is 5.97 Å². The summed E-state index contributed by atoms with van der Waals surface area (Å²) >= 11 is 0. The molecule has 0 spiro atoms. The van der Waals surface area contributed by atoms with Crippen LogP contribution < -0.4 is 5.32 Å². The van der Waals surface area contributed by atoms with Gasteiger partial charge in [-0.05, 0) is 52.1 Å². The second kappa shape index (κ2) is 12.7. The fraction of sp³-hybridized carbons (Fsp3) is 0.364. The van der Waals surface area contributed by atoms with Crippen LogP contribution in [0.5, 0.6) is 0 Å². The molecule has 0 aliphatic carbocycles. The van der Waals surface area contributed by atoms with E-state index in [4.69, 9.17) is 4.74 Å². The lowest BCUT2D eigenvalue weighted by Crippen LogP contribution is -2.43. The van der Waals surface area contributed by atoms with Gasteiger partial charge < -0.3 is 10.1 Å². The second-order valence-electron chi connectivity index (χ2n) is 10.7. The molecule has 0 fully saturated rings. The van der Waals surface area contributed by atoms with Crippen LogP contribution in [0.15, 0.2) is 66.7 Å². The third-order valence-corrected chi connectivity index (χ3v) is 6.84. The van der Waals surface area contributed by atoms with Gasteiger partial charge in [0.05, 0.1) is 7.11 Å². The van der Waals surface area contributed by atoms with Crippen LogP contribution in [0.2, 0.25) is 0 Å². The Bertz CT molecular complexity index is 1250. The Morgan fingerprint density at radius 2 is 1.26 bits per heavy atom. The monoisotopic (exact) mass is 513 g/mol. The van der Waals surface area contributed by atoms with E-state index in [2.05, 4.69) is 59.0 Å². The topological polar surface area (TPSA) is 72.5 Å². The SMILES string of the molecule is COC(=O)[C@H](Cc1ccccc1)NC(=O)c1ccc(C(=O)c2c(C(C)C)cc(C(C)C)cc2C(C)C)cc1. The van der Waals surface area contributed by atoms with Crippen molar-refractivity contribution in [1.82, 2.24) is 5.32 Å². The molecule has 3 aromatic rings. The predicted molar refractivity (Wildman–Crippen MR) is 152 cm³/mol. The highest BCUT2D eigenvalue weighted by Gasteiger charge is 2.25. The molecule has 3 rings (SSSR count). The molecule has 0 aliphatic rings. The van der Waals surface area contributed by atoms with Crippen molar-refractivity contribution in [2.75, 3.05) is 7.11 Å². The Morgan fingerprint density at radius 1 is 0.737 bits per heavy atom. The van der Waals surface area contributed by atoms with E-state index in [1.807, 2.05) is 30.3 Å². The minimum Gasteiger partial charge on any atom is -0.467 e. The lowest BCUT2D eigenvalue weighted by Gasteiger charge is -2.22. The van der Waals surface area contributed by atoms with E-state index >= 15 is 0 Å².